The third kappa shape index (κ3) is 9.30. The first kappa shape index (κ1) is 56.9. The van der Waals surface area contributed by atoms with E-state index in [9.17, 15) is 0 Å². The Labute approximate surface area is 541 Å². The van der Waals surface area contributed by atoms with Crippen LogP contribution in [0.1, 0.15) is 81.5 Å². The molecule has 3 aliphatic carbocycles. The summed E-state index contributed by atoms with van der Waals surface area (Å²) in [6.45, 7) is 12.4. The summed E-state index contributed by atoms with van der Waals surface area (Å²) in [5, 5.41) is 0. The van der Waals surface area contributed by atoms with Gasteiger partial charge >= 0.3 is 0 Å². The highest BCUT2D eigenvalue weighted by molar-refractivity contribution is 5.92. The van der Waals surface area contributed by atoms with Gasteiger partial charge in [-0.2, -0.15) is 0 Å². The third-order valence-corrected chi connectivity index (χ3v) is 19.7. The monoisotopic (exact) mass is 1210 g/mol. The minimum absolute atomic E-state index is 0.121. The Balaban J connectivity index is 0.887. The summed E-state index contributed by atoms with van der Waals surface area (Å²) in [7, 11) is 0. The third-order valence-electron chi connectivity index (χ3n) is 19.7. The number of rotatable bonds is 14. The first-order valence-electron chi connectivity index (χ1n) is 31.6. The molecule has 0 aromatic heterocycles. The molecule has 0 saturated carbocycles. The molecule has 4 aliphatic rings. The molecule has 93 heavy (non-hydrogen) atoms. The van der Waals surface area contributed by atoms with Crippen LogP contribution in [0.4, 0.5) is 25.8 Å². The van der Waals surface area contributed by atoms with Crippen LogP contribution in [0.3, 0.4) is 0 Å². The van der Waals surface area contributed by atoms with Crippen LogP contribution in [0, 0.1) is 17.6 Å². The van der Waals surface area contributed by atoms with Gasteiger partial charge in [0.2, 0.25) is 0 Å². The molecule has 3 unspecified atom stereocenters. The van der Waals surface area contributed by atoms with Crippen LogP contribution >= 0.6 is 0 Å². The molecule has 448 valence electrons. The Bertz CT molecular complexity index is 4990. The highest BCUT2D eigenvalue weighted by Gasteiger charge is 2.51. The van der Waals surface area contributed by atoms with Gasteiger partial charge < -0.3 is 19.1 Å². The number of fused-ring (bicyclic) bond motifs is 8. The molecular weight excluding hydrogens is 1140 g/mol. The second kappa shape index (κ2) is 22.5. The number of halogens is 2. The van der Waals surface area contributed by atoms with Crippen LogP contribution in [0.5, 0.6) is 28.7 Å². The average Bonchev–Trinajstić information content (AvgIpc) is 1.56. The van der Waals surface area contributed by atoms with E-state index in [1.165, 1.54) is 0 Å². The number of para-hydroxylation sites is 2. The zero-order chi connectivity index (χ0) is 63.0. The average molecular weight is 1210 g/mol. The quantitative estimate of drug-likeness (QED) is 0.109. The predicted octanol–water partition coefficient (Wildman–Crippen LogP) is 22.8. The van der Waals surface area contributed by atoms with Gasteiger partial charge in [-0.25, -0.2) is 8.78 Å². The van der Waals surface area contributed by atoms with E-state index in [1.807, 2.05) is 103 Å². The van der Waals surface area contributed by atoms with Crippen molar-refractivity contribution in [3.8, 4) is 62.1 Å². The van der Waals surface area contributed by atoms with Crippen molar-refractivity contribution in [2.24, 2.45) is 5.92 Å². The largest absolute Gasteiger partial charge is 0.458 e. The molecular formula is C87H63F2NO3. The van der Waals surface area contributed by atoms with Crippen LogP contribution < -0.4 is 19.1 Å². The van der Waals surface area contributed by atoms with Crippen LogP contribution in [0.25, 0.3) is 45.5 Å². The molecule has 1 heterocycles. The molecule has 6 heteroatoms. The molecule has 3 atom stereocenters. The number of benzene rings is 12. The van der Waals surface area contributed by atoms with E-state index < -0.39 is 10.8 Å². The predicted molar refractivity (Wildman–Crippen MR) is 373 cm³/mol. The van der Waals surface area contributed by atoms with Gasteiger partial charge in [0.15, 0.2) is 0 Å². The Morgan fingerprint density at radius 3 is 1.54 bits per heavy atom. The van der Waals surface area contributed by atoms with E-state index in [2.05, 4.69) is 208 Å². The summed E-state index contributed by atoms with van der Waals surface area (Å²) in [6, 6.07) is 92.9. The van der Waals surface area contributed by atoms with Crippen molar-refractivity contribution < 1.29 is 23.0 Å². The second-order valence-corrected chi connectivity index (χ2v) is 25.0. The van der Waals surface area contributed by atoms with Gasteiger partial charge in [-0.1, -0.05) is 215 Å². The van der Waals surface area contributed by atoms with E-state index in [0.29, 0.717) is 17.9 Å². The van der Waals surface area contributed by atoms with Crippen molar-refractivity contribution in [3.05, 3.63) is 383 Å². The molecule has 0 N–H and O–H groups in total. The SMILES string of the molecule is C=Cc1ccc(OC2=CCC(C3(c4ccc(F)cc4)c4ccccc4-c4ccc(N(c5ccc(-c6cccc7c6Oc6ccccc6C7(C)C)cc5)c5ccc6c(c5)C(c5ccc(F)cc5)(c5ccc(Oc7ccc(C=C)cc7)cc5)c5ccccc5-6)cc43)C=C2)cc1. The molecule has 12 aromatic rings. The lowest BCUT2D eigenvalue weighted by molar-refractivity contribution is 0.410. The molecule has 0 bridgehead atoms. The highest BCUT2D eigenvalue weighted by Crippen LogP contribution is 2.61. The van der Waals surface area contributed by atoms with E-state index in [0.717, 1.165) is 135 Å². The summed E-state index contributed by atoms with van der Waals surface area (Å²) < 4.78 is 50.6. The van der Waals surface area contributed by atoms with Crippen LogP contribution in [0.2, 0.25) is 0 Å². The Kier molecular flexibility index (Phi) is 13.8. The maximum atomic E-state index is 15.4. The van der Waals surface area contributed by atoms with E-state index in [4.69, 9.17) is 14.2 Å². The molecule has 0 spiro atoms. The van der Waals surface area contributed by atoms with Crippen LogP contribution in [-0.2, 0) is 16.2 Å². The van der Waals surface area contributed by atoms with E-state index in [1.54, 1.807) is 24.3 Å². The maximum Gasteiger partial charge on any atom is 0.139 e. The van der Waals surface area contributed by atoms with Gasteiger partial charge in [0, 0.05) is 39.2 Å². The molecule has 1 aliphatic heterocycles. The van der Waals surface area contributed by atoms with Crippen LogP contribution in [0.15, 0.2) is 310 Å². The van der Waals surface area contributed by atoms with Gasteiger partial charge in [0.1, 0.15) is 46.1 Å². The minimum atomic E-state index is -0.913. The van der Waals surface area contributed by atoms with E-state index >= 15 is 8.78 Å². The number of nitrogens with zero attached hydrogens (tertiary/aromatic N) is 1. The fourth-order valence-corrected chi connectivity index (χ4v) is 15.3. The fourth-order valence-electron chi connectivity index (χ4n) is 15.3. The van der Waals surface area contributed by atoms with Gasteiger partial charge in [0.25, 0.3) is 0 Å². The first-order valence-corrected chi connectivity index (χ1v) is 31.6. The summed E-state index contributed by atoms with van der Waals surface area (Å²) in [5.41, 5.74) is 18.8. The topological polar surface area (TPSA) is 30.9 Å². The fraction of sp³-hybridized carbons (Fsp3) is 0.0805. The van der Waals surface area contributed by atoms with Crippen molar-refractivity contribution in [1.82, 2.24) is 0 Å². The summed E-state index contributed by atoms with van der Waals surface area (Å²) in [6.07, 6.45) is 10.8. The van der Waals surface area contributed by atoms with Crippen molar-refractivity contribution >= 4 is 29.2 Å². The van der Waals surface area contributed by atoms with Crippen molar-refractivity contribution in [2.45, 2.75) is 36.5 Å². The van der Waals surface area contributed by atoms with Gasteiger partial charge in [-0.05, 0) is 206 Å². The smallest absolute Gasteiger partial charge is 0.139 e. The minimum Gasteiger partial charge on any atom is -0.458 e. The van der Waals surface area contributed by atoms with Crippen molar-refractivity contribution in [2.75, 3.05) is 4.90 Å². The molecule has 12 aromatic carbocycles. The normalized spacial score (nSPS) is 17.5. The zero-order valence-corrected chi connectivity index (χ0v) is 51.5. The van der Waals surface area contributed by atoms with Crippen molar-refractivity contribution in [3.63, 3.8) is 0 Å². The van der Waals surface area contributed by atoms with Gasteiger partial charge in [-0.3, -0.25) is 0 Å². The summed E-state index contributed by atoms with van der Waals surface area (Å²) in [4.78, 5) is 2.37. The number of hydrogen-bond donors (Lipinski definition) is 0. The van der Waals surface area contributed by atoms with Gasteiger partial charge in [-0.15, -0.1) is 0 Å². The molecule has 0 amide bonds. The maximum absolute atomic E-state index is 15.4. The molecule has 4 nitrogen and oxygen atoms in total. The molecule has 0 radical (unpaired) electrons. The second-order valence-electron chi connectivity index (χ2n) is 25.0. The Morgan fingerprint density at radius 2 is 0.925 bits per heavy atom. The Morgan fingerprint density at radius 1 is 0.441 bits per heavy atom. The first-order chi connectivity index (χ1) is 45.5. The van der Waals surface area contributed by atoms with Crippen LogP contribution in [-0.4, -0.2) is 0 Å². The van der Waals surface area contributed by atoms with E-state index in [-0.39, 0.29) is 23.0 Å². The van der Waals surface area contributed by atoms with Gasteiger partial charge in [0.05, 0.1) is 10.8 Å². The summed E-state index contributed by atoms with van der Waals surface area (Å²) in [5.74, 6) is 3.87. The lowest BCUT2D eigenvalue weighted by atomic mass is 9.62. The highest BCUT2D eigenvalue weighted by atomic mass is 19.1. The zero-order valence-electron chi connectivity index (χ0n) is 51.5. The summed E-state index contributed by atoms with van der Waals surface area (Å²) >= 11 is 0. The number of anilines is 3. The molecule has 16 rings (SSSR count). The molecule has 0 saturated heterocycles. The number of allylic oxidation sites excluding steroid dienone is 3. The standard InChI is InChI=1S/C87H63F2NO3/c1-5-56-22-44-68(45-23-56)91-70-48-32-61(33-49-70)86(59-28-36-63(88)37-29-59)77-17-9-7-14-73(77)75-52-42-66(54-81(75)86)90(65-40-26-58(27-41-65)72-16-13-20-80-84(72)93-83-21-12-11-19-79(83)85(80,3)4)67-43-53-76-74-15-8-10-18-78(74)87(82(76)55-67,60-30-38-64(89)39-31-60)62-34-50-71(51-35-62)92-69-46-24-57(6-2)25-47-69/h5-34,36-55,62H,1-2,35H2,3-4H3. The molecule has 0 fully saturated rings. The lowest BCUT2D eigenvalue weighted by Crippen LogP contribution is -2.36. The lowest BCUT2D eigenvalue weighted by Gasteiger charge is -2.40. The van der Waals surface area contributed by atoms with Crippen molar-refractivity contribution in [1.29, 1.82) is 0 Å². The Hall–Kier alpha value is -11.3. The number of ether oxygens (including phenoxy) is 3. The number of hydrogen-bond acceptors (Lipinski definition) is 4.